The number of hydrogen-bond donors (Lipinski definition) is 0. The molecule has 122 valence electrons. The first kappa shape index (κ1) is 15.8. The van der Waals surface area contributed by atoms with Crippen LogP contribution < -0.4 is 0 Å². The minimum atomic E-state index is -3.48. The van der Waals surface area contributed by atoms with E-state index in [2.05, 4.69) is 0 Å². The van der Waals surface area contributed by atoms with E-state index in [4.69, 9.17) is 4.74 Å². The minimum absolute atomic E-state index is 0.000956. The molecule has 22 heavy (non-hydrogen) atoms. The van der Waals surface area contributed by atoms with Crippen LogP contribution >= 0.6 is 0 Å². The van der Waals surface area contributed by atoms with E-state index in [1.54, 1.807) is 0 Å². The normalized spacial score (nSPS) is 22.7. The van der Waals surface area contributed by atoms with Crippen LogP contribution in [0.5, 0.6) is 0 Å². The number of nitrogens with zero attached hydrogens (tertiary/aromatic N) is 1. The zero-order chi connectivity index (χ0) is 15.7. The summed E-state index contributed by atoms with van der Waals surface area (Å²) in [5, 5.41) is 0. The lowest BCUT2D eigenvalue weighted by Crippen LogP contribution is -2.38. The van der Waals surface area contributed by atoms with Gasteiger partial charge in [-0.3, -0.25) is 0 Å². The van der Waals surface area contributed by atoms with Gasteiger partial charge >= 0.3 is 0 Å². The summed E-state index contributed by atoms with van der Waals surface area (Å²) in [7, 11) is -3.48. The van der Waals surface area contributed by atoms with Gasteiger partial charge in [-0.15, -0.1) is 0 Å². The molecule has 4 nitrogen and oxygen atoms in total. The second-order valence-corrected chi connectivity index (χ2v) is 7.90. The zero-order valence-corrected chi connectivity index (χ0v) is 13.0. The lowest BCUT2D eigenvalue weighted by atomic mass is 10.00. The van der Waals surface area contributed by atoms with Crippen LogP contribution in [0.3, 0.4) is 0 Å². The van der Waals surface area contributed by atoms with Gasteiger partial charge in [-0.05, 0) is 43.4 Å². The second kappa shape index (κ2) is 6.22. The number of sulfonamides is 1. The molecular formula is C15H19F2NO3S. The Morgan fingerprint density at radius 2 is 1.95 bits per heavy atom. The molecule has 0 aliphatic carbocycles. The molecule has 2 heterocycles. The Labute approximate surface area is 129 Å². The molecule has 1 aromatic carbocycles. The van der Waals surface area contributed by atoms with Gasteiger partial charge in [0, 0.05) is 25.3 Å². The van der Waals surface area contributed by atoms with Crippen LogP contribution in [0.15, 0.2) is 12.1 Å². The molecule has 2 aliphatic heterocycles. The Morgan fingerprint density at radius 1 is 1.23 bits per heavy atom. The van der Waals surface area contributed by atoms with Crippen LogP contribution in [0.2, 0.25) is 0 Å². The van der Waals surface area contributed by atoms with Crippen LogP contribution in [0.1, 0.15) is 30.4 Å². The van der Waals surface area contributed by atoms with Crippen molar-refractivity contribution in [2.24, 2.45) is 0 Å². The van der Waals surface area contributed by atoms with Gasteiger partial charge in [-0.2, -0.15) is 4.31 Å². The quantitative estimate of drug-likeness (QED) is 0.850. The summed E-state index contributed by atoms with van der Waals surface area (Å²) in [6.07, 6.45) is 2.51. The van der Waals surface area contributed by atoms with Crippen molar-refractivity contribution in [1.29, 1.82) is 0 Å². The predicted octanol–water partition coefficient (Wildman–Crippen LogP) is 2.22. The Balaban J connectivity index is 1.71. The summed E-state index contributed by atoms with van der Waals surface area (Å²) in [5.41, 5.74) is 0.456. The van der Waals surface area contributed by atoms with E-state index < -0.39 is 21.7 Å². The standard InChI is InChI=1S/C15H19F2NO3S/c16-14-3-4-15(17)13-10-18(7-5-12(13)14)22(19,20)9-6-11-2-1-8-21-11/h3-4,11H,1-2,5-10H2/t11-/m1/s1. The molecule has 3 rings (SSSR count). The third-order valence-corrected chi connectivity index (χ3v) is 6.23. The highest BCUT2D eigenvalue weighted by atomic mass is 32.2. The highest BCUT2D eigenvalue weighted by molar-refractivity contribution is 7.89. The number of halogens is 2. The lowest BCUT2D eigenvalue weighted by molar-refractivity contribution is 0.108. The average molecular weight is 331 g/mol. The monoisotopic (exact) mass is 331 g/mol. The van der Waals surface area contributed by atoms with E-state index in [1.165, 1.54) is 4.31 Å². The summed E-state index contributed by atoms with van der Waals surface area (Å²) in [6.45, 7) is 0.792. The third-order valence-electron chi connectivity index (χ3n) is 4.38. The van der Waals surface area contributed by atoms with Gasteiger partial charge in [0.25, 0.3) is 0 Å². The van der Waals surface area contributed by atoms with Crippen LogP contribution in [-0.4, -0.2) is 37.7 Å². The molecular weight excluding hydrogens is 312 g/mol. The molecule has 1 atom stereocenters. The van der Waals surface area contributed by atoms with Crippen LogP contribution in [0.4, 0.5) is 8.78 Å². The predicted molar refractivity (Wildman–Crippen MR) is 77.8 cm³/mol. The molecule has 0 unspecified atom stereocenters. The number of ether oxygens (including phenoxy) is 1. The van der Waals surface area contributed by atoms with Crippen molar-refractivity contribution < 1.29 is 21.9 Å². The van der Waals surface area contributed by atoms with E-state index in [0.717, 1.165) is 25.0 Å². The number of fused-ring (bicyclic) bond motifs is 1. The number of rotatable bonds is 4. The number of benzene rings is 1. The molecule has 1 aromatic rings. The summed E-state index contributed by atoms with van der Waals surface area (Å²) < 4.78 is 59.0. The van der Waals surface area contributed by atoms with Crippen molar-refractivity contribution >= 4 is 10.0 Å². The molecule has 0 spiro atoms. The maximum atomic E-state index is 13.8. The van der Waals surface area contributed by atoms with Gasteiger partial charge in [0.2, 0.25) is 10.0 Å². The Morgan fingerprint density at radius 3 is 2.64 bits per heavy atom. The zero-order valence-electron chi connectivity index (χ0n) is 12.2. The van der Waals surface area contributed by atoms with Crippen molar-refractivity contribution in [2.45, 2.75) is 38.3 Å². The second-order valence-electron chi connectivity index (χ2n) is 5.81. The first-order valence-corrected chi connectivity index (χ1v) is 9.13. The Kier molecular flexibility index (Phi) is 4.47. The fraction of sp³-hybridized carbons (Fsp3) is 0.600. The van der Waals surface area contributed by atoms with E-state index in [9.17, 15) is 17.2 Å². The van der Waals surface area contributed by atoms with Crippen molar-refractivity contribution in [3.8, 4) is 0 Å². The molecule has 7 heteroatoms. The van der Waals surface area contributed by atoms with Gasteiger partial charge in [-0.1, -0.05) is 0 Å². The molecule has 0 amide bonds. The number of hydrogen-bond acceptors (Lipinski definition) is 3. The summed E-state index contributed by atoms with van der Waals surface area (Å²) in [5.74, 6) is -1.02. The first-order chi connectivity index (χ1) is 10.5. The van der Waals surface area contributed by atoms with Gasteiger partial charge in [0.15, 0.2) is 0 Å². The summed E-state index contributed by atoms with van der Waals surface area (Å²) in [6, 6.07) is 2.15. The molecule has 0 bridgehead atoms. The smallest absolute Gasteiger partial charge is 0.214 e. The molecule has 1 fully saturated rings. The fourth-order valence-electron chi connectivity index (χ4n) is 3.09. The molecule has 0 saturated carbocycles. The molecule has 0 aromatic heterocycles. The Hall–Kier alpha value is -1.05. The van der Waals surface area contributed by atoms with E-state index in [0.29, 0.717) is 18.6 Å². The van der Waals surface area contributed by atoms with Crippen molar-refractivity contribution in [3.05, 3.63) is 34.9 Å². The minimum Gasteiger partial charge on any atom is -0.378 e. The van der Waals surface area contributed by atoms with Gasteiger partial charge in [-0.25, -0.2) is 17.2 Å². The van der Waals surface area contributed by atoms with Gasteiger partial charge < -0.3 is 4.74 Å². The highest BCUT2D eigenvalue weighted by Crippen LogP contribution is 2.27. The fourth-order valence-corrected chi connectivity index (χ4v) is 4.60. The maximum absolute atomic E-state index is 13.8. The molecule has 0 N–H and O–H groups in total. The maximum Gasteiger partial charge on any atom is 0.214 e. The first-order valence-electron chi connectivity index (χ1n) is 7.52. The SMILES string of the molecule is O=S(=O)(CC[C@H]1CCCO1)N1CCc2c(F)ccc(F)c2C1. The van der Waals surface area contributed by atoms with E-state index in [1.807, 2.05) is 0 Å². The van der Waals surface area contributed by atoms with Gasteiger partial charge in [0.05, 0.1) is 11.9 Å². The lowest BCUT2D eigenvalue weighted by Gasteiger charge is -2.28. The summed E-state index contributed by atoms with van der Waals surface area (Å²) in [4.78, 5) is 0. The highest BCUT2D eigenvalue weighted by Gasteiger charge is 2.30. The van der Waals surface area contributed by atoms with Crippen molar-refractivity contribution in [3.63, 3.8) is 0 Å². The molecule has 0 radical (unpaired) electrons. The third kappa shape index (κ3) is 3.16. The van der Waals surface area contributed by atoms with Crippen molar-refractivity contribution in [2.75, 3.05) is 18.9 Å². The topological polar surface area (TPSA) is 46.6 Å². The van der Waals surface area contributed by atoms with Crippen molar-refractivity contribution in [1.82, 2.24) is 4.31 Å². The molecule has 1 saturated heterocycles. The van der Waals surface area contributed by atoms with Crippen LogP contribution in [0, 0.1) is 11.6 Å². The molecule has 2 aliphatic rings. The van der Waals surface area contributed by atoms with E-state index >= 15 is 0 Å². The van der Waals surface area contributed by atoms with Crippen LogP contribution in [-0.2, 0) is 27.7 Å². The van der Waals surface area contributed by atoms with Crippen LogP contribution in [0.25, 0.3) is 0 Å². The van der Waals surface area contributed by atoms with Gasteiger partial charge in [0.1, 0.15) is 11.6 Å². The van der Waals surface area contributed by atoms with E-state index in [-0.39, 0.29) is 36.9 Å². The average Bonchev–Trinajstić information content (AvgIpc) is 3.02. The Bertz CT molecular complexity index is 657. The summed E-state index contributed by atoms with van der Waals surface area (Å²) >= 11 is 0. The largest absolute Gasteiger partial charge is 0.378 e.